The van der Waals surface area contributed by atoms with Crippen LogP contribution in [0, 0.1) is 6.92 Å². The molecule has 1 N–H and O–H groups in total. The Hall–Kier alpha value is -3.38. The van der Waals surface area contributed by atoms with Crippen molar-refractivity contribution in [3.8, 4) is 11.6 Å². The lowest BCUT2D eigenvalue weighted by atomic mass is 10.1. The molecule has 0 bridgehead atoms. The molecule has 0 atom stereocenters. The van der Waals surface area contributed by atoms with E-state index in [1.165, 1.54) is 4.90 Å². The molecule has 0 saturated carbocycles. The minimum Gasteiger partial charge on any atom is -0.436 e. The van der Waals surface area contributed by atoms with E-state index in [9.17, 15) is 9.59 Å². The second kappa shape index (κ2) is 7.93. The zero-order valence-electron chi connectivity index (χ0n) is 15.7. The molecule has 0 radical (unpaired) electrons. The Morgan fingerprint density at radius 1 is 1.17 bits per heavy atom. The van der Waals surface area contributed by atoms with Crippen LogP contribution in [-0.4, -0.2) is 23.3 Å². The van der Waals surface area contributed by atoms with Crippen molar-refractivity contribution in [2.45, 2.75) is 13.5 Å². The van der Waals surface area contributed by atoms with Crippen LogP contribution in [0.25, 0.3) is 0 Å². The minimum absolute atomic E-state index is 0.155. The predicted octanol–water partition coefficient (Wildman–Crippen LogP) is 4.11. The van der Waals surface area contributed by atoms with Gasteiger partial charge in [0.05, 0.1) is 5.69 Å². The predicted molar refractivity (Wildman–Crippen MR) is 110 cm³/mol. The third-order valence-electron chi connectivity index (χ3n) is 4.59. The van der Waals surface area contributed by atoms with Gasteiger partial charge in [-0.3, -0.25) is 14.5 Å². The number of ether oxygens (including phenoxy) is 1. The van der Waals surface area contributed by atoms with E-state index in [1.54, 1.807) is 30.5 Å². The van der Waals surface area contributed by atoms with Gasteiger partial charge in [0.2, 0.25) is 11.8 Å². The summed E-state index contributed by atoms with van der Waals surface area (Å²) in [6.07, 6.45) is 1.56. The first-order valence-electron chi connectivity index (χ1n) is 9.08. The number of amides is 2. The Morgan fingerprint density at radius 3 is 2.83 bits per heavy atom. The van der Waals surface area contributed by atoms with Crippen molar-refractivity contribution in [3.63, 3.8) is 0 Å². The van der Waals surface area contributed by atoms with Gasteiger partial charge < -0.3 is 10.1 Å². The standard InChI is InChI=1S/C22H18ClN3O3/c1-14-8-9-19-18(11-14)26(22(28)16-6-4-10-24-21(16)29-19)13-20(27)25-12-15-5-2-3-7-17(15)23/h2-11H,12-13H2,1H3,(H,25,27). The summed E-state index contributed by atoms with van der Waals surface area (Å²) in [5.41, 5.74) is 2.58. The van der Waals surface area contributed by atoms with Gasteiger partial charge in [0, 0.05) is 17.8 Å². The number of benzene rings is 2. The number of fused-ring (bicyclic) bond motifs is 2. The molecule has 146 valence electrons. The summed E-state index contributed by atoms with van der Waals surface area (Å²) < 4.78 is 5.86. The van der Waals surface area contributed by atoms with E-state index in [2.05, 4.69) is 10.3 Å². The number of hydrogen-bond donors (Lipinski definition) is 1. The van der Waals surface area contributed by atoms with Gasteiger partial charge in [0.1, 0.15) is 12.1 Å². The molecule has 0 unspecified atom stereocenters. The van der Waals surface area contributed by atoms with Crippen LogP contribution in [0.4, 0.5) is 5.69 Å². The molecule has 0 spiro atoms. The lowest BCUT2D eigenvalue weighted by Gasteiger charge is -2.22. The molecule has 2 heterocycles. The van der Waals surface area contributed by atoms with Gasteiger partial charge >= 0.3 is 0 Å². The molecule has 1 aliphatic rings. The fraction of sp³-hybridized carbons (Fsp3) is 0.136. The van der Waals surface area contributed by atoms with Gasteiger partial charge in [-0.05, 0) is 48.4 Å². The van der Waals surface area contributed by atoms with E-state index in [1.807, 2.05) is 37.3 Å². The van der Waals surface area contributed by atoms with E-state index in [4.69, 9.17) is 16.3 Å². The maximum atomic E-state index is 13.2. The molecule has 2 amide bonds. The zero-order valence-corrected chi connectivity index (χ0v) is 16.4. The number of carbonyl (C=O) groups is 2. The summed E-state index contributed by atoms with van der Waals surface area (Å²) in [5, 5.41) is 3.40. The van der Waals surface area contributed by atoms with E-state index in [-0.39, 0.29) is 30.8 Å². The number of nitrogens with zero attached hydrogens (tertiary/aromatic N) is 2. The number of anilines is 1. The highest BCUT2D eigenvalue weighted by molar-refractivity contribution is 6.31. The third kappa shape index (κ3) is 3.93. The molecule has 4 rings (SSSR count). The van der Waals surface area contributed by atoms with E-state index < -0.39 is 0 Å². The summed E-state index contributed by atoms with van der Waals surface area (Å²) in [7, 11) is 0. The van der Waals surface area contributed by atoms with Crippen molar-refractivity contribution in [2.24, 2.45) is 0 Å². The van der Waals surface area contributed by atoms with Crippen LogP contribution >= 0.6 is 11.6 Å². The van der Waals surface area contributed by atoms with Crippen molar-refractivity contribution in [1.82, 2.24) is 10.3 Å². The molecule has 0 aliphatic carbocycles. The first-order valence-corrected chi connectivity index (χ1v) is 9.46. The monoisotopic (exact) mass is 407 g/mol. The van der Waals surface area contributed by atoms with E-state index in [0.717, 1.165) is 11.1 Å². The Kier molecular flexibility index (Phi) is 5.18. The maximum Gasteiger partial charge on any atom is 0.264 e. The van der Waals surface area contributed by atoms with Crippen molar-refractivity contribution in [2.75, 3.05) is 11.4 Å². The van der Waals surface area contributed by atoms with Crippen LogP contribution in [-0.2, 0) is 11.3 Å². The number of aryl methyl sites for hydroxylation is 1. The third-order valence-corrected chi connectivity index (χ3v) is 4.96. The van der Waals surface area contributed by atoms with Gasteiger partial charge in [0.15, 0.2) is 5.75 Å². The van der Waals surface area contributed by atoms with Crippen LogP contribution in [0.2, 0.25) is 5.02 Å². The molecular formula is C22H18ClN3O3. The topological polar surface area (TPSA) is 71.5 Å². The summed E-state index contributed by atoms with van der Waals surface area (Å²) in [6, 6.07) is 16.1. The molecule has 3 aromatic rings. The first kappa shape index (κ1) is 19.0. The zero-order chi connectivity index (χ0) is 20.4. The normalized spacial score (nSPS) is 12.5. The van der Waals surface area contributed by atoms with E-state index >= 15 is 0 Å². The van der Waals surface area contributed by atoms with Crippen molar-refractivity contribution in [3.05, 3.63) is 82.5 Å². The molecule has 2 aromatic carbocycles. The van der Waals surface area contributed by atoms with Crippen LogP contribution in [0.15, 0.2) is 60.8 Å². The number of nitrogens with one attached hydrogen (secondary N) is 1. The number of rotatable bonds is 4. The van der Waals surface area contributed by atoms with Gasteiger partial charge in [0.25, 0.3) is 5.91 Å². The summed E-state index contributed by atoms with van der Waals surface area (Å²) in [4.78, 5) is 31.4. The van der Waals surface area contributed by atoms with Crippen LogP contribution in [0.3, 0.4) is 0 Å². The summed E-state index contributed by atoms with van der Waals surface area (Å²) in [5.74, 6) is 0.0466. The molecule has 7 heteroatoms. The first-order chi connectivity index (χ1) is 14.0. The lowest BCUT2D eigenvalue weighted by molar-refractivity contribution is -0.119. The molecule has 1 aliphatic heterocycles. The molecule has 6 nitrogen and oxygen atoms in total. The number of aromatic nitrogens is 1. The molecule has 0 fully saturated rings. The van der Waals surface area contributed by atoms with Gasteiger partial charge in [-0.15, -0.1) is 0 Å². The summed E-state index contributed by atoms with van der Waals surface area (Å²) in [6.45, 7) is 2.03. The minimum atomic E-state index is -0.342. The average Bonchev–Trinajstić information content (AvgIpc) is 2.83. The molecule has 0 saturated heterocycles. The quantitative estimate of drug-likeness (QED) is 0.706. The van der Waals surface area contributed by atoms with Crippen molar-refractivity contribution < 1.29 is 14.3 Å². The summed E-state index contributed by atoms with van der Waals surface area (Å²) >= 11 is 6.15. The second-order valence-corrected chi connectivity index (χ2v) is 7.10. The smallest absolute Gasteiger partial charge is 0.264 e. The number of halogens is 1. The van der Waals surface area contributed by atoms with Gasteiger partial charge in [-0.2, -0.15) is 0 Å². The van der Waals surface area contributed by atoms with Crippen LogP contribution < -0.4 is 15.0 Å². The number of carbonyl (C=O) groups excluding carboxylic acids is 2. The average molecular weight is 408 g/mol. The Bertz CT molecular complexity index is 1100. The molecule has 1 aromatic heterocycles. The largest absolute Gasteiger partial charge is 0.436 e. The van der Waals surface area contributed by atoms with Crippen molar-refractivity contribution >= 4 is 29.1 Å². The lowest BCUT2D eigenvalue weighted by Crippen LogP contribution is -2.40. The van der Waals surface area contributed by atoms with Crippen molar-refractivity contribution in [1.29, 1.82) is 0 Å². The fourth-order valence-corrected chi connectivity index (χ4v) is 3.31. The highest BCUT2D eigenvalue weighted by atomic mass is 35.5. The SMILES string of the molecule is Cc1ccc2c(c1)N(CC(=O)NCc1ccccc1Cl)C(=O)c1cccnc1O2. The Balaban J connectivity index is 1.61. The molecule has 29 heavy (non-hydrogen) atoms. The van der Waals surface area contributed by atoms with Gasteiger partial charge in [-0.1, -0.05) is 35.9 Å². The fourth-order valence-electron chi connectivity index (χ4n) is 3.11. The van der Waals surface area contributed by atoms with Gasteiger partial charge in [-0.25, -0.2) is 4.98 Å². The highest BCUT2D eigenvalue weighted by Gasteiger charge is 2.30. The maximum absolute atomic E-state index is 13.2. The Labute approximate surface area is 173 Å². The Morgan fingerprint density at radius 2 is 2.00 bits per heavy atom. The second-order valence-electron chi connectivity index (χ2n) is 6.69. The molecular weight excluding hydrogens is 390 g/mol. The van der Waals surface area contributed by atoms with Crippen LogP contribution in [0.1, 0.15) is 21.5 Å². The number of hydrogen-bond acceptors (Lipinski definition) is 4. The van der Waals surface area contributed by atoms with E-state index in [0.29, 0.717) is 22.0 Å². The highest BCUT2D eigenvalue weighted by Crippen LogP contribution is 2.38. The van der Waals surface area contributed by atoms with Crippen LogP contribution in [0.5, 0.6) is 11.6 Å². The number of pyridine rings is 1.